The average molecular weight is 272 g/mol. The predicted octanol–water partition coefficient (Wildman–Crippen LogP) is 1.31. The van der Waals surface area contributed by atoms with Crippen molar-refractivity contribution in [3.05, 3.63) is 23.8 Å². The van der Waals surface area contributed by atoms with Gasteiger partial charge in [0.15, 0.2) is 0 Å². The average Bonchev–Trinajstić information content (AvgIpc) is 2.29. The van der Waals surface area contributed by atoms with Crippen LogP contribution in [0.1, 0.15) is 5.56 Å². The van der Waals surface area contributed by atoms with Gasteiger partial charge in [0, 0.05) is 24.6 Å². The zero-order chi connectivity index (χ0) is 12.5. The van der Waals surface area contributed by atoms with Gasteiger partial charge in [-0.2, -0.15) is 16.1 Å². The number of nitrogens with zero attached hydrogens (tertiary/aromatic N) is 1. The summed E-state index contributed by atoms with van der Waals surface area (Å²) in [7, 11) is -3.41. The van der Waals surface area contributed by atoms with Crippen molar-refractivity contribution in [3.8, 4) is 0 Å². The van der Waals surface area contributed by atoms with E-state index < -0.39 is 10.0 Å². The number of hydrogen-bond donors (Lipinski definition) is 1. The van der Waals surface area contributed by atoms with Crippen LogP contribution in [0.5, 0.6) is 0 Å². The minimum Gasteiger partial charge on any atom is -0.398 e. The Morgan fingerprint density at radius 2 is 1.94 bits per heavy atom. The van der Waals surface area contributed by atoms with Crippen molar-refractivity contribution in [2.24, 2.45) is 0 Å². The van der Waals surface area contributed by atoms with Gasteiger partial charge in [0.05, 0.1) is 5.69 Å². The Morgan fingerprint density at radius 3 is 2.53 bits per heavy atom. The highest BCUT2D eigenvalue weighted by molar-refractivity contribution is 7.99. The highest BCUT2D eigenvalue weighted by Crippen LogP contribution is 2.25. The molecule has 0 spiro atoms. The van der Waals surface area contributed by atoms with Crippen molar-refractivity contribution in [2.45, 2.75) is 11.8 Å². The number of benzene rings is 1. The Bertz CT molecular complexity index is 508. The molecule has 0 aliphatic carbocycles. The summed E-state index contributed by atoms with van der Waals surface area (Å²) in [5, 5.41) is 0. The van der Waals surface area contributed by atoms with Crippen LogP contribution < -0.4 is 5.73 Å². The smallest absolute Gasteiger partial charge is 0.245 e. The van der Waals surface area contributed by atoms with Crippen molar-refractivity contribution in [1.29, 1.82) is 0 Å². The van der Waals surface area contributed by atoms with E-state index in [-0.39, 0.29) is 4.90 Å². The van der Waals surface area contributed by atoms with Crippen molar-refractivity contribution >= 4 is 27.5 Å². The first-order valence-electron chi connectivity index (χ1n) is 5.46. The lowest BCUT2D eigenvalue weighted by atomic mass is 10.2. The summed E-state index contributed by atoms with van der Waals surface area (Å²) in [6.07, 6.45) is 0. The Kier molecular flexibility index (Phi) is 3.65. The standard InChI is InChI=1S/C11H16N2O2S2/c1-9-2-3-11(10(12)8-9)17(14,15)13-4-6-16-7-5-13/h2-3,8H,4-7,12H2,1H3. The zero-order valence-electron chi connectivity index (χ0n) is 9.72. The van der Waals surface area contributed by atoms with E-state index in [1.165, 1.54) is 4.31 Å². The fraction of sp³-hybridized carbons (Fsp3) is 0.455. The van der Waals surface area contributed by atoms with Gasteiger partial charge in [0.1, 0.15) is 4.90 Å². The summed E-state index contributed by atoms with van der Waals surface area (Å²) in [6.45, 7) is 3.03. The topological polar surface area (TPSA) is 63.4 Å². The third-order valence-electron chi connectivity index (χ3n) is 2.75. The van der Waals surface area contributed by atoms with Gasteiger partial charge in [-0.3, -0.25) is 0 Å². The maximum absolute atomic E-state index is 12.4. The molecule has 0 amide bonds. The first-order valence-corrected chi connectivity index (χ1v) is 8.05. The Morgan fingerprint density at radius 1 is 1.29 bits per heavy atom. The third kappa shape index (κ3) is 2.59. The first kappa shape index (κ1) is 12.7. The van der Waals surface area contributed by atoms with Crippen molar-refractivity contribution < 1.29 is 8.42 Å². The molecule has 0 unspecified atom stereocenters. The summed E-state index contributed by atoms with van der Waals surface area (Å²) in [5.74, 6) is 1.70. The Hall–Kier alpha value is -0.720. The molecule has 2 N–H and O–H groups in total. The summed E-state index contributed by atoms with van der Waals surface area (Å²) in [6, 6.07) is 5.08. The van der Waals surface area contributed by atoms with Gasteiger partial charge >= 0.3 is 0 Å². The molecule has 1 aromatic rings. The summed E-state index contributed by atoms with van der Waals surface area (Å²) in [5.41, 5.74) is 7.11. The third-order valence-corrected chi connectivity index (χ3v) is 5.67. The van der Waals surface area contributed by atoms with Crippen LogP contribution in [0.25, 0.3) is 0 Å². The van der Waals surface area contributed by atoms with Gasteiger partial charge in [-0.25, -0.2) is 8.42 Å². The molecule has 0 saturated carbocycles. The van der Waals surface area contributed by atoms with E-state index in [4.69, 9.17) is 5.73 Å². The van der Waals surface area contributed by atoms with E-state index in [9.17, 15) is 8.42 Å². The van der Waals surface area contributed by atoms with Crippen molar-refractivity contribution in [1.82, 2.24) is 4.31 Å². The molecule has 0 radical (unpaired) electrons. The van der Waals surface area contributed by atoms with Crippen LogP contribution in [-0.2, 0) is 10.0 Å². The molecule has 4 nitrogen and oxygen atoms in total. The summed E-state index contributed by atoms with van der Waals surface area (Å²) >= 11 is 1.78. The van der Waals surface area contributed by atoms with E-state index in [2.05, 4.69) is 0 Å². The molecule has 17 heavy (non-hydrogen) atoms. The molecule has 1 heterocycles. The molecule has 0 aromatic heterocycles. The van der Waals surface area contributed by atoms with Gasteiger partial charge in [-0.05, 0) is 24.6 Å². The lowest BCUT2D eigenvalue weighted by Crippen LogP contribution is -2.38. The van der Waals surface area contributed by atoms with Gasteiger partial charge < -0.3 is 5.73 Å². The monoisotopic (exact) mass is 272 g/mol. The highest BCUT2D eigenvalue weighted by atomic mass is 32.2. The number of thioether (sulfide) groups is 1. The molecule has 1 aromatic carbocycles. The van der Waals surface area contributed by atoms with Crippen LogP contribution in [0.3, 0.4) is 0 Å². The molecule has 0 atom stereocenters. The number of rotatable bonds is 2. The number of nitrogens with two attached hydrogens (primary N) is 1. The normalized spacial score (nSPS) is 18.2. The van der Waals surface area contributed by atoms with Crippen molar-refractivity contribution in [3.63, 3.8) is 0 Å². The molecule has 1 aliphatic heterocycles. The van der Waals surface area contributed by atoms with Gasteiger partial charge in [0.25, 0.3) is 0 Å². The van der Waals surface area contributed by atoms with E-state index in [1.54, 1.807) is 30.0 Å². The van der Waals surface area contributed by atoms with Crippen LogP contribution in [0.15, 0.2) is 23.1 Å². The van der Waals surface area contributed by atoms with Gasteiger partial charge in [0.2, 0.25) is 10.0 Å². The second-order valence-corrected chi connectivity index (χ2v) is 7.19. The minimum atomic E-state index is -3.41. The van der Waals surface area contributed by atoms with Crippen LogP contribution in [0.4, 0.5) is 5.69 Å². The van der Waals surface area contributed by atoms with E-state index >= 15 is 0 Å². The second kappa shape index (κ2) is 4.88. The van der Waals surface area contributed by atoms with Crippen LogP contribution in [0.2, 0.25) is 0 Å². The summed E-state index contributed by atoms with van der Waals surface area (Å²) in [4.78, 5) is 0.231. The molecule has 94 valence electrons. The molecule has 1 aliphatic rings. The second-order valence-electron chi connectivity index (χ2n) is 4.06. The van der Waals surface area contributed by atoms with E-state index in [0.717, 1.165) is 17.1 Å². The Balaban J connectivity index is 2.37. The molecule has 1 fully saturated rings. The quantitative estimate of drug-likeness (QED) is 0.825. The van der Waals surface area contributed by atoms with Crippen LogP contribution in [-0.4, -0.2) is 37.3 Å². The molecule has 0 bridgehead atoms. The molecular weight excluding hydrogens is 256 g/mol. The van der Waals surface area contributed by atoms with Gasteiger partial charge in [-0.15, -0.1) is 0 Å². The van der Waals surface area contributed by atoms with Gasteiger partial charge in [-0.1, -0.05) is 6.07 Å². The van der Waals surface area contributed by atoms with Crippen LogP contribution in [0, 0.1) is 6.92 Å². The molecule has 1 saturated heterocycles. The lowest BCUT2D eigenvalue weighted by molar-refractivity contribution is 0.444. The lowest BCUT2D eigenvalue weighted by Gasteiger charge is -2.26. The van der Waals surface area contributed by atoms with E-state index in [1.807, 2.05) is 6.92 Å². The number of hydrogen-bond acceptors (Lipinski definition) is 4. The SMILES string of the molecule is Cc1ccc(S(=O)(=O)N2CCSCC2)c(N)c1. The number of anilines is 1. The largest absolute Gasteiger partial charge is 0.398 e. The fourth-order valence-corrected chi connectivity index (χ4v) is 4.50. The summed E-state index contributed by atoms with van der Waals surface area (Å²) < 4.78 is 26.2. The van der Waals surface area contributed by atoms with Crippen molar-refractivity contribution in [2.75, 3.05) is 30.3 Å². The highest BCUT2D eigenvalue weighted by Gasteiger charge is 2.27. The fourth-order valence-electron chi connectivity index (χ4n) is 1.83. The zero-order valence-corrected chi connectivity index (χ0v) is 11.4. The maximum Gasteiger partial charge on any atom is 0.245 e. The van der Waals surface area contributed by atoms with Crippen LogP contribution >= 0.6 is 11.8 Å². The molecular formula is C11H16N2O2S2. The number of sulfonamides is 1. The first-order chi connectivity index (χ1) is 8.01. The molecule has 2 rings (SSSR count). The maximum atomic E-state index is 12.4. The predicted molar refractivity (Wildman–Crippen MR) is 71.7 cm³/mol. The minimum absolute atomic E-state index is 0.231. The van der Waals surface area contributed by atoms with E-state index in [0.29, 0.717) is 18.8 Å². The number of aryl methyl sites for hydroxylation is 1. The number of nitrogen functional groups attached to an aromatic ring is 1. The molecule has 6 heteroatoms. The Labute approximate surface area is 106 Å².